The van der Waals surface area contributed by atoms with Gasteiger partial charge < -0.3 is 5.21 Å². The highest BCUT2D eigenvalue weighted by molar-refractivity contribution is 5.39. The smallest absolute Gasteiger partial charge is 0.157 e. The highest BCUT2D eigenvalue weighted by atomic mass is 16.5. The van der Waals surface area contributed by atoms with Crippen molar-refractivity contribution in [2.75, 3.05) is 13.1 Å². The van der Waals surface area contributed by atoms with Crippen LogP contribution in [0, 0.1) is 5.21 Å². The Labute approximate surface area is 103 Å². The van der Waals surface area contributed by atoms with Crippen LogP contribution in [-0.2, 0) is 6.42 Å². The zero-order valence-electron chi connectivity index (χ0n) is 10.9. The van der Waals surface area contributed by atoms with E-state index in [4.69, 9.17) is 0 Å². The van der Waals surface area contributed by atoms with Crippen molar-refractivity contribution in [3.63, 3.8) is 0 Å². The van der Waals surface area contributed by atoms with Crippen LogP contribution in [-0.4, -0.2) is 23.0 Å². The molecule has 0 bridgehead atoms. The van der Waals surface area contributed by atoms with Gasteiger partial charge in [0.15, 0.2) is 5.69 Å². The van der Waals surface area contributed by atoms with E-state index in [0.717, 1.165) is 36.4 Å². The van der Waals surface area contributed by atoms with Crippen LogP contribution >= 0.6 is 0 Å². The zero-order valence-corrected chi connectivity index (χ0v) is 10.9. The van der Waals surface area contributed by atoms with Gasteiger partial charge in [0.1, 0.15) is 13.1 Å². The van der Waals surface area contributed by atoms with E-state index in [-0.39, 0.29) is 0 Å². The summed E-state index contributed by atoms with van der Waals surface area (Å²) in [6.45, 7) is 7.56. The first kappa shape index (κ1) is 13.5. The number of aryl methyl sites for hydroxylation is 1. The van der Waals surface area contributed by atoms with Crippen LogP contribution in [0.5, 0.6) is 0 Å². The number of nitrogens with zero attached hydrogens (tertiary/aromatic N) is 3. The van der Waals surface area contributed by atoms with E-state index in [1.807, 2.05) is 38.1 Å². The highest BCUT2D eigenvalue weighted by Crippen LogP contribution is 2.20. The van der Waals surface area contributed by atoms with Crippen molar-refractivity contribution in [3.8, 4) is 0 Å². The van der Waals surface area contributed by atoms with E-state index >= 15 is 0 Å². The van der Waals surface area contributed by atoms with Crippen molar-refractivity contribution < 1.29 is 4.86 Å². The fourth-order valence-corrected chi connectivity index (χ4v) is 1.69. The average molecular weight is 235 g/mol. The van der Waals surface area contributed by atoms with Gasteiger partial charge >= 0.3 is 0 Å². The van der Waals surface area contributed by atoms with Crippen LogP contribution in [0.4, 0.5) is 5.69 Å². The first-order valence-electron chi connectivity index (χ1n) is 6.24. The lowest BCUT2D eigenvalue weighted by atomic mass is 10.1. The molecule has 0 fully saturated rings. The molecular formula is C13H21N3O. The van der Waals surface area contributed by atoms with Crippen molar-refractivity contribution >= 4 is 5.69 Å². The largest absolute Gasteiger partial charge is 0.691 e. The lowest BCUT2D eigenvalue weighted by Crippen LogP contribution is -2.18. The molecule has 4 heteroatoms. The van der Waals surface area contributed by atoms with Crippen LogP contribution in [0.15, 0.2) is 29.5 Å². The van der Waals surface area contributed by atoms with Gasteiger partial charge in [-0.2, -0.15) is 5.01 Å². The molecule has 1 aromatic carbocycles. The van der Waals surface area contributed by atoms with E-state index in [2.05, 4.69) is 12.1 Å². The molecule has 0 radical (unpaired) electrons. The molecule has 0 atom stereocenters. The molecule has 94 valence electrons. The molecule has 0 heterocycles. The van der Waals surface area contributed by atoms with Crippen molar-refractivity contribution in [2.45, 2.75) is 33.6 Å². The normalized spacial score (nSPS) is 11.6. The van der Waals surface area contributed by atoms with Crippen molar-refractivity contribution in [1.29, 1.82) is 0 Å². The maximum Gasteiger partial charge on any atom is 0.157 e. The van der Waals surface area contributed by atoms with E-state index in [1.165, 1.54) is 0 Å². The molecule has 1 rings (SSSR count). The summed E-state index contributed by atoms with van der Waals surface area (Å²) in [6, 6.07) is 7.64. The first-order valence-corrected chi connectivity index (χ1v) is 6.24. The topological polar surface area (TPSA) is 41.7 Å². The third kappa shape index (κ3) is 3.73. The molecule has 0 spiro atoms. The molecule has 0 aliphatic carbocycles. The van der Waals surface area contributed by atoms with Crippen LogP contribution in [0.1, 0.15) is 32.8 Å². The number of para-hydroxylation sites is 1. The van der Waals surface area contributed by atoms with Crippen LogP contribution in [0.2, 0.25) is 0 Å². The lowest BCUT2D eigenvalue weighted by molar-refractivity contribution is -0.462. The van der Waals surface area contributed by atoms with Gasteiger partial charge in [-0.15, -0.1) is 4.86 Å². The minimum Gasteiger partial charge on any atom is -0.691 e. The summed E-state index contributed by atoms with van der Waals surface area (Å²) in [4.78, 5) is 0.734. The Bertz CT molecular complexity index is 373. The third-order valence-corrected chi connectivity index (χ3v) is 2.65. The van der Waals surface area contributed by atoms with Gasteiger partial charge in [-0.1, -0.05) is 31.5 Å². The Balaban J connectivity index is 2.98. The lowest BCUT2D eigenvalue weighted by Gasteiger charge is -2.13. The van der Waals surface area contributed by atoms with Crippen LogP contribution in [0.3, 0.4) is 0 Å². The maximum absolute atomic E-state index is 12.0. The Hall–Kier alpha value is -1.58. The molecule has 0 unspecified atom stereocenters. The van der Waals surface area contributed by atoms with Crippen molar-refractivity contribution in [3.05, 3.63) is 35.0 Å². The van der Waals surface area contributed by atoms with E-state index in [1.54, 1.807) is 5.01 Å². The van der Waals surface area contributed by atoms with Crippen molar-refractivity contribution in [1.82, 2.24) is 5.01 Å². The molecular weight excluding hydrogens is 214 g/mol. The highest BCUT2D eigenvalue weighted by Gasteiger charge is 2.08. The standard InChI is InChI=1S/C13H21N3O/c1-4-9-12-10-7-8-11-13(12)16(17)14-15(5-2)6-3/h7-8,10-11H,4-6,9H2,1-3H3/b16-14-. The molecule has 0 saturated heterocycles. The molecule has 0 aromatic heterocycles. The fourth-order valence-electron chi connectivity index (χ4n) is 1.69. The summed E-state index contributed by atoms with van der Waals surface area (Å²) < 4.78 is 0. The number of hydrogen-bond donors (Lipinski definition) is 0. The molecule has 1 aromatic rings. The molecule has 4 nitrogen and oxygen atoms in total. The molecule has 0 aliphatic rings. The summed E-state index contributed by atoms with van der Waals surface area (Å²) >= 11 is 0. The Morgan fingerprint density at radius 2 is 1.82 bits per heavy atom. The van der Waals surface area contributed by atoms with Gasteiger partial charge in [-0.25, -0.2) is 0 Å². The molecule has 0 aliphatic heterocycles. The monoisotopic (exact) mass is 235 g/mol. The first-order chi connectivity index (χ1) is 8.22. The third-order valence-electron chi connectivity index (χ3n) is 2.65. The van der Waals surface area contributed by atoms with Gasteiger partial charge in [0.25, 0.3) is 0 Å². The quantitative estimate of drug-likeness (QED) is 0.430. The van der Waals surface area contributed by atoms with E-state index in [0.29, 0.717) is 5.69 Å². The van der Waals surface area contributed by atoms with E-state index < -0.39 is 0 Å². The molecule has 0 amide bonds. The fraction of sp³-hybridized carbons (Fsp3) is 0.538. The van der Waals surface area contributed by atoms with Crippen LogP contribution < -0.4 is 0 Å². The second kappa shape index (κ2) is 6.89. The Morgan fingerprint density at radius 3 is 2.41 bits per heavy atom. The molecule has 0 N–H and O–H groups in total. The van der Waals surface area contributed by atoms with E-state index in [9.17, 15) is 5.21 Å². The van der Waals surface area contributed by atoms with Gasteiger partial charge in [-0.3, -0.25) is 0 Å². The summed E-state index contributed by atoms with van der Waals surface area (Å²) in [5, 5.41) is 17.8. The summed E-state index contributed by atoms with van der Waals surface area (Å²) in [6.07, 6.45) is 1.93. The average Bonchev–Trinajstić information content (AvgIpc) is 2.36. The summed E-state index contributed by atoms with van der Waals surface area (Å²) in [5.41, 5.74) is 1.71. The summed E-state index contributed by atoms with van der Waals surface area (Å²) in [7, 11) is 0. The number of hydrogen-bond acceptors (Lipinski definition) is 2. The zero-order chi connectivity index (χ0) is 12.7. The maximum atomic E-state index is 12.0. The second-order valence-corrected chi connectivity index (χ2v) is 3.88. The summed E-state index contributed by atoms with van der Waals surface area (Å²) in [5.74, 6) is 0. The van der Waals surface area contributed by atoms with Crippen molar-refractivity contribution in [2.24, 2.45) is 5.22 Å². The van der Waals surface area contributed by atoms with Gasteiger partial charge in [0.05, 0.1) is 5.22 Å². The second-order valence-electron chi connectivity index (χ2n) is 3.88. The Kier molecular flexibility index (Phi) is 5.46. The van der Waals surface area contributed by atoms with Crippen LogP contribution in [0.25, 0.3) is 0 Å². The van der Waals surface area contributed by atoms with Gasteiger partial charge in [-0.05, 0) is 26.3 Å². The molecule has 0 saturated carbocycles. The minimum atomic E-state index is 0.654. The van der Waals surface area contributed by atoms with Gasteiger partial charge in [0.2, 0.25) is 0 Å². The Morgan fingerprint density at radius 1 is 1.18 bits per heavy atom. The van der Waals surface area contributed by atoms with Gasteiger partial charge in [0, 0.05) is 5.56 Å². The predicted molar refractivity (Wildman–Crippen MR) is 69.1 cm³/mol. The minimum absolute atomic E-state index is 0.654. The number of benzene rings is 1. The predicted octanol–water partition coefficient (Wildman–Crippen LogP) is 3.49. The SMILES string of the molecule is CCCc1ccccc1/[N+]([O-])=N/N(CC)CC. The molecule has 17 heavy (non-hydrogen) atoms. The number of rotatable bonds is 6.